The topological polar surface area (TPSA) is 110 Å². The molecule has 0 fully saturated rings. The van der Waals surface area contributed by atoms with Crippen LogP contribution in [0, 0.1) is 0 Å². The number of carbonyl (C=O) groups excluding carboxylic acids is 2. The fraction of sp³-hybridized carbons (Fsp3) is 0.286. The van der Waals surface area contributed by atoms with Gasteiger partial charge in [-0.2, -0.15) is 0 Å². The van der Waals surface area contributed by atoms with E-state index in [4.69, 9.17) is 10.5 Å². The average molecular weight is 413 g/mol. The van der Waals surface area contributed by atoms with Gasteiger partial charge in [0.15, 0.2) is 11.2 Å². The molecule has 2 heterocycles. The lowest BCUT2D eigenvalue weighted by Crippen LogP contribution is -2.30. The quantitative estimate of drug-likeness (QED) is 0.569. The molecule has 29 heavy (non-hydrogen) atoms. The number of benzene rings is 1. The normalized spacial score (nSPS) is 12.4. The fourth-order valence-corrected chi connectivity index (χ4v) is 3.37. The summed E-state index contributed by atoms with van der Waals surface area (Å²) >= 11 is 1.29. The number of hydrogen-bond acceptors (Lipinski definition) is 5. The molecule has 2 aromatic heterocycles. The molecule has 7 nitrogen and oxygen atoms in total. The van der Waals surface area contributed by atoms with Crippen molar-refractivity contribution in [3.05, 3.63) is 53.2 Å². The van der Waals surface area contributed by atoms with Crippen LogP contribution in [0.25, 0.3) is 11.3 Å². The van der Waals surface area contributed by atoms with Crippen LogP contribution in [-0.2, 0) is 10.2 Å². The van der Waals surface area contributed by atoms with Gasteiger partial charge < -0.3 is 15.5 Å². The first kappa shape index (κ1) is 20.6. The summed E-state index contributed by atoms with van der Waals surface area (Å²) in [7, 11) is 0. The molecule has 8 heteroatoms. The summed E-state index contributed by atoms with van der Waals surface area (Å²) in [5.74, 6) is -0.188. The highest BCUT2D eigenvalue weighted by Crippen LogP contribution is 2.27. The second-order valence-corrected chi connectivity index (χ2v) is 8.59. The molecule has 0 radical (unpaired) electrons. The summed E-state index contributed by atoms with van der Waals surface area (Å²) in [6.45, 7) is 8.07. The van der Waals surface area contributed by atoms with Gasteiger partial charge in [-0.05, 0) is 36.1 Å². The van der Waals surface area contributed by atoms with Gasteiger partial charge >= 0.3 is 0 Å². The van der Waals surface area contributed by atoms with Crippen LogP contribution >= 0.6 is 11.3 Å². The zero-order valence-electron chi connectivity index (χ0n) is 16.8. The van der Waals surface area contributed by atoms with Gasteiger partial charge in [0.2, 0.25) is 0 Å². The second-order valence-electron chi connectivity index (χ2n) is 7.73. The third kappa shape index (κ3) is 5.03. The molecule has 4 N–H and O–H groups in total. The van der Waals surface area contributed by atoms with Crippen molar-refractivity contribution in [3.8, 4) is 17.0 Å². The number of nitrogens with zero attached hydrogens (tertiary/aromatic N) is 1. The molecule has 0 aliphatic heterocycles. The van der Waals surface area contributed by atoms with Crippen LogP contribution in [0.5, 0.6) is 5.75 Å². The molecule has 0 bridgehead atoms. The highest BCUT2D eigenvalue weighted by molar-refractivity contribution is 7.14. The molecular weight excluding hydrogens is 388 g/mol. The van der Waals surface area contributed by atoms with Crippen LogP contribution in [-0.4, -0.2) is 27.9 Å². The minimum absolute atomic E-state index is 0.00520. The number of aromatic nitrogens is 2. The highest BCUT2D eigenvalue weighted by atomic mass is 32.1. The van der Waals surface area contributed by atoms with Crippen molar-refractivity contribution in [1.82, 2.24) is 9.97 Å². The molecule has 3 rings (SSSR count). The lowest BCUT2D eigenvalue weighted by molar-refractivity contribution is -0.122. The van der Waals surface area contributed by atoms with Gasteiger partial charge in [-0.15, -0.1) is 11.3 Å². The first-order valence-corrected chi connectivity index (χ1v) is 10.0. The van der Waals surface area contributed by atoms with Crippen molar-refractivity contribution in [2.24, 2.45) is 5.73 Å². The van der Waals surface area contributed by atoms with Crippen molar-refractivity contribution in [2.75, 3.05) is 5.32 Å². The summed E-state index contributed by atoms with van der Waals surface area (Å²) in [4.78, 5) is 30.9. The summed E-state index contributed by atoms with van der Waals surface area (Å²) in [6.07, 6.45) is 0.959. The van der Waals surface area contributed by atoms with E-state index in [0.29, 0.717) is 22.3 Å². The Balaban J connectivity index is 1.64. The van der Waals surface area contributed by atoms with Crippen LogP contribution in [0.4, 0.5) is 5.13 Å². The first-order chi connectivity index (χ1) is 13.6. The molecule has 0 saturated carbocycles. The molecular formula is C21H24N4O3S. The minimum Gasteiger partial charge on any atom is -0.481 e. The number of H-pyrrole nitrogens is 1. The monoisotopic (exact) mass is 412 g/mol. The second kappa shape index (κ2) is 8.08. The van der Waals surface area contributed by atoms with E-state index in [1.807, 2.05) is 24.3 Å². The molecule has 0 aliphatic carbocycles. The fourth-order valence-electron chi connectivity index (χ4n) is 2.65. The van der Waals surface area contributed by atoms with Crippen LogP contribution in [0.3, 0.4) is 0 Å². The van der Waals surface area contributed by atoms with Crippen molar-refractivity contribution in [3.63, 3.8) is 0 Å². The Morgan fingerprint density at radius 2 is 2.03 bits per heavy atom. The maximum atomic E-state index is 12.5. The number of amides is 2. The first-order valence-electron chi connectivity index (χ1n) is 9.15. The van der Waals surface area contributed by atoms with Crippen molar-refractivity contribution in [2.45, 2.75) is 39.2 Å². The number of primary amides is 1. The number of nitrogens with two attached hydrogens (primary N) is 1. The Kier molecular flexibility index (Phi) is 5.74. The van der Waals surface area contributed by atoms with Crippen molar-refractivity contribution in [1.29, 1.82) is 0 Å². The van der Waals surface area contributed by atoms with Gasteiger partial charge in [0.25, 0.3) is 11.8 Å². The van der Waals surface area contributed by atoms with E-state index >= 15 is 0 Å². The summed E-state index contributed by atoms with van der Waals surface area (Å²) in [6, 6.07) is 9.37. The van der Waals surface area contributed by atoms with E-state index in [0.717, 1.165) is 11.1 Å². The maximum absolute atomic E-state index is 12.5. The average Bonchev–Trinajstić information content (AvgIpc) is 3.30. The summed E-state index contributed by atoms with van der Waals surface area (Å²) in [5, 5.41) is 5.01. The molecule has 0 aliphatic rings. The van der Waals surface area contributed by atoms with Crippen LogP contribution in [0.1, 0.15) is 43.7 Å². The zero-order valence-corrected chi connectivity index (χ0v) is 17.6. The van der Waals surface area contributed by atoms with Crippen LogP contribution in [0.15, 0.2) is 41.9 Å². The predicted molar refractivity (Wildman–Crippen MR) is 114 cm³/mol. The molecule has 1 aromatic carbocycles. The van der Waals surface area contributed by atoms with E-state index in [1.165, 1.54) is 11.3 Å². The largest absolute Gasteiger partial charge is 0.481 e. The van der Waals surface area contributed by atoms with Gasteiger partial charge in [-0.3, -0.25) is 14.9 Å². The highest BCUT2D eigenvalue weighted by Gasteiger charge is 2.19. The standard InChI is InChI=1S/C21H24N4O3S/c1-12(28-15-7-5-6-14(9-15)21(2,3)4)19(27)25-20-24-17(11-29-20)13-8-16(18(22)26)23-10-13/h5-12,23H,1-4H3,(H2,22,26)(H,24,25,27). The molecule has 3 aromatic rings. The maximum Gasteiger partial charge on any atom is 0.266 e. The minimum atomic E-state index is -0.689. The molecule has 152 valence electrons. The Hall–Kier alpha value is -3.13. The van der Waals surface area contributed by atoms with Gasteiger partial charge in [-0.25, -0.2) is 4.98 Å². The van der Waals surface area contributed by atoms with Crippen LogP contribution < -0.4 is 15.8 Å². The number of rotatable bonds is 6. The summed E-state index contributed by atoms with van der Waals surface area (Å²) < 4.78 is 5.81. The number of ether oxygens (including phenoxy) is 1. The van der Waals surface area contributed by atoms with E-state index in [2.05, 4.69) is 36.1 Å². The molecule has 1 unspecified atom stereocenters. The number of thiazole rings is 1. The predicted octanol–water partition coefficient (Wildman–Crippen LogP) is 3.94. The Labute approximate surface area is 173 Å². The van der Waals surface area contributed by atoms with E-state index in [-0.39, 0.29) is 11.3 Å². The zero-order chi connectivity index (χ0) is 21.2. The molecule has 0 saturated heterocycles. The number of hydrogen-bond donors (Lipinski definition) is 3. The number of carbonyl (C=O) groups is 2. The molecule has 2 amide bonds. The Morgan fingerprint density at radius 1 is 1.28 bits per heavy atom. The van der Waals surface area contributed by atoms with Gasteiger partial charge in [0.1, 0.15) is 11.4 Å². The summed E-state index contributed by atoms with van der Waals surface area (Å²) in [5.41, 5.74) is 8.04. The number of anilines is 1. The Morgan fingerprint density at radius 3 is 2.69 bits per heavy atom. The smallest absolute Gasteiger partial charge is 0.266 e. The molecule has 1 atom stereocenters. The van der Waals surface area contributed by atoms with E-state index in [9.17, 15) is 9.59 Å². The SMILES string of the molecule is CC(Oc1cccc(C(C)(C)C)c1)C(=O)Nc1nc(-c2c[nH]c(C(N)=O)c2)cs1. The van der Waals surface area contributed by atoms with Crippen molar-refractivity contribution < 1.29 is 14.3 Å². The van der Waals surface area contributed by atoms with Gasteiger partial charge in [-0.1, -0.05) is 32.9 Å². The lowest BCUT2D eigenvalue weighted by atomic mass is 9.87. The Bertz CT molecular complexity index is 1030. The lowest BCUT2D eigenvalue weighted by Gasteiger charge is -2.21. The van der Waals surface area contributed by atoms with Crippen LogP contribution in [0.2, 0.25) is 0 Å². The van der Waals surface area contributed by atoms with Gasteiger partial charge in [0, 0.05) is 17.1 Å². The number of nitrogens with one attached hydrogen (secondary N) is 2. The molecule has 0 spiro atoms. The third-order valence-corrected chi connectivity index (χ3v) is 5.12. The van der Waals surface area contributed by atoms with Gasteiger partial charge in [0.05, 0.1) is 5.69 Å². The van der Waals surface area contributed by atoms with E-state index < -0.39 is 12.0 Å². The third-order valence-electron chi connectivity index (χ3n) is 4.36. The van der Waals surface area contributed by atoms with E-state index in [1.54, 1.807) is 24.6 Å². The number of aromatic amines is 1. The van der Waals surface area contributed by atoms with Crippen molar-refractivity contribution >= 4 is 28.3 Å².